The average Bonchev–Trinajstić information content (AvgIpc) is 3.34. The van der Waals surface area contributed by atoms with E-state index in [9.17, 15) is 29.4 Å². The van der Waals surface area contributed by atoms with Crippen LogP contribution in [0.3, 0.4) is 0 Å². The number of hydrogen-bond acceptors (Lipinski definition) is 9. The number of ether oxygens (including phenoxy) is 3. The Kier molecular flexibility index (Phi) is 6.50. The molecule has 13 heteroatoms. The van der Waals surface area contributed by atoms with Crippen LogP contribution in [0.4, 0.5) is 0 Å². The molecular weight excluding hydrogens is 440 g/mol. The summed E-state index contributed by atoms with van der Waals surface area (Å²) in [5.41, 5.74) is -1.58. The molecule has 4 heterocycles. The molecule has 4 rings (SSSR count). The fraction of sp³-hybridized carbons (Fsp3) is 0.600. The van der Waals surface area contributed by atoms with Gasteiger partial charge in [0, 0.05) is 36.4 Å². The van der Waals surface area contributed by atoms with E-state index in [-0.39, 0.29) is 26.1 Å². The predicted molar refractivity (Wildman–Crippen MR) is 112 cm³/mol. The van der Waals surface area contributed by atoms with Crippen LogP contribution in [0.5, 0.6) is 0 Å². The van der Waals surface area contributed by atoms with E-state index in [1.165, 1.54) is 21.5 Å². The van der Waals surface area contributed by atoms with Gasteiger partial charge in [-0.15, -0.1) is 0 Å². The fourth-order valence-electron chi connectivity index (χ4n) is 4.06. The van der Waals surface area contributed by atoms with Crippen molar-refractivity contribution in [3.05, 3.63) is 65.2 Å². The van der Waals surface area contributed by atoms with Crippen molar-refractivity contribution < 1.29 is 24.4 Å². The van der Waals surface area contributed by atoms with E-state index in [0.29, 0.717) is 11.1 Å². The maximum atomic E-state index is 12.2. The monoisotopic (exact) mass is 466 g/mol. The van der Waals surface area contributed by atoms with E-state index in [1.54, 1.807) is 13.8 Å². The molecule has 0 spiro atoms. The minimum absolute atomic E-state index is 0.0501. The summed E-state index contributed by atoms with van der Waals surface area (Å²) in [4.78, 5) is 51.9. The van der Waals surface area contributed by atoms with E-state index >= 15 is 0 Å². The Morgan fingerprint density at radius 1 is 0.939 bits per heavy atom. The lowest BCUT2D eigenvalue weighted by molar-refractivity contribution is -0.102. The first-order valence-electron chi connectivity index (χ1n) is 10.5. The number of aliphatic hydroxyl groups is 2. The van der Waals surface area contributed by atoms with Crippen LogP contribution in [0.15, 0.2) is 31.6 Å². The van der Waals surface area contributed by atoms with Crippen LogP contribution in [-0.4, -0.2) is 66.9 Å². The van der Waals surface area contributed by atoms with Crippen molar-refractivity contribution in [1.82, 2.24) is 19.1 Å². The van der Waals surface area contributed by atoms with Gasteiger partial charge in [-0.05, 0) is 13.8 Å². The van der Waals surface area contributed by atoms with Gasteiger partial charge in [-0.1, -0.05) is 0 Å². The molecule has 0 aromatic carbocycles. The first-order chi connectivity index (χ1) is 15.7. The van der Waals surface area contributed by atoms with Gasteiger partial charge < -0.3 is 24.4 Å². The predicted octanol–water partition coefficient (Wildman–Crippen LogP) is -1.98. The number of nitrogens with zero attached hydrogens (tertiary/aromatic N) is 2. The van der Waals surface area contributed by atoms with Crippen LogP contribution in [0.25, 0.3) is 0 Å². The SMILES string of the molecule is Cc1cn([C@H]2C[C@@H](O)[C@@H](CO[C@@H]3C[C@H](n4cc(C)c(=O)[nH]c4=O)O[C@@H]3CO)O2)c(=O)[nH]c1=O. The summed E-state index contributed by atoms with van der Waals surface area (Å²) in [6, 6.07) is 0. The minimum Gasteiger partial charge on any atom is -0.394 e. The zero-order valence-corrected chi connectivity index (χ0v) is 18.1. The zero-order chi connectivity index (χ0) is 23.9. The molecule has 180 valence electrons. The molecule has 6 atom stereocenters. The Morgan fingerprint density at radius 2 is 1.45 bits per heavy atom. The molecular formula is C20H26N4O9. The highest BCUT2D eigenvalue weighted by Crippen LogP contribution is 2.32. The van der Waals surface area contributed by atoms with Crippen LogP contribution in [0.2, 0.25) is 0 Å². The molecule has 2 fully saturated rings. The smallest absolute Gasteiger partial charge is 0.330 e. The molecule has 0 saturated carbocycles. The van der Waals surface area contributed by atoms with Crippen LogP contribution in [0, 0.1) is 13.8 Å². The Labute approximate surface area is 186 Å². The van der Waals surface area contributed by atoms with Crippen molar-refractivity contribution in [1.29, 1.82) is 0 Å². The third kappa shape index (κ3) is 4.63. The van der Waals surface area contributed by atoms with Gasteiger partial charge in [0.25, 0.3) is 11.1 Å². The Bertz CT molecular complexity index is 1250. The topological polar surface area (TPSA) is 178 Å². The Hall–Kier alpha value is -2.84. The third-order valence-corrected chi connectivity index (χ3v) is 5.95. The summed E-state index contributed by atoms with van der Waals surface area (Å²) in [7, 11) is 0. The summed E-state index contributed by atoms with van der Waals surface area (Å²) < 4.78 is 19.9. The number of aromatic amines is 2. The summed E-state index contributed by atoms with van der Waals surface area (Å²) in [6.45, 7) is 2.71. The van der Waals surface area contributed by atoms with Gasteiger partial charge in [0.1, 0.15) is 24.7 Å². The summed E-state index contributed by atoms with van der Waals surface area (Å²) in [5.74, 6) is 0. The highest BCUT2D eigenvalue weighted by atomic mass is 16.6. The number of aryl methyl sites for hydroxylation is 2. The maximum Gasteiger partial charge on any atom is 0.330 e. The van der Waals surface area contributed by atoms with Gasteiger partial charge in [-0.25, -0.2) is 9.59 Å². The van der Waals surface area contributed by atoms with Crippen molar-refractivity contribution in [2.75, 3.05) is 13.2 Å². The number of nitrogens with one attached hydrogen (secondary N) is 2. The minimum atomic E-state index is -0.927. The van der Waals surface area contributed by atoms with Gasteiger partial charge in [-0.3, -0.25) is 28.7 Å². The van der Waals surface area contributed by atoms with Gasteiger partial charge in [-0.2, -0.15) is 0 Å². The number of H-pyrrole nitrogens is 2. The highest BCUT2D eigenvalue weighted by Gasteiger charge is 2.40. The first kappa shape index (κ1) is 23.3. The highest BCUT2D eigenvalue weighted by molar-refractivity contribution is 5.03. The molecule has 0 amide bonds. The third-order valence-electron chi connectivity index (χ3n) is 5.95. The second-order valence-corrected chi connectivity index (χ2v) is 8.31. The number of aromatic nitrogens is 4. The molecule has 4 N–H and O–H groups in total. The molecule has 2 saturated heterocycles. The van der Waals surface area contributed by atoms with E-state index < -0.39 is 59.4 Å². The molecule has 0 unspecified atom stereocenters. The van der Waals surface area contributed by atoms with Crippen LogP contribution >= 0.6 is 0 Å². The maximum absolute atomic E-state index is 12.2. The molecule has 0 bridgehead atoms. The van der Waals surface area contributed by atoms with Crippen LogP contribution in [-0.2, 0) is 14.2 Å². The van der Waals surface area contributed by atoms with Gasteiger partial charge in [0.15, 0.2) is 0 Å². The number of aliphatic hydroxyl groups excluding tert-OH is 2. The largest absolute Gasteiger partial charge is 0.394 e. The second kappa shape index (κ2) is 9.19. The lowest BCUT2D eigenvalue weighted by Gasteiger charge is -2.21. The normalized spacial score (nSPS) is 29.6. The van der Waals surface area contributed by atoms with E-state index in [4.69, 9.17) is 14.2 Å². The molecule has 2 aliphatic heterocycles. The van der Waals surface area contributed by atoms with Crippen LogP contribution < -0.4 is 22.5 Å². The average molecular weight is 466 g/mol. The Morgan fingerprint density at radius 3 is 2.00 bits per heavy atom. The Balaban J connectivity index is 1.42. The molecule has 0 aliphatic carbocycles. The van der Waals surface area contributed by atoms with E-state index in [2.05, 4.69) is 9.97 Å². The van der Waals surface area contributed by atoms with Crippen molar-refractivity contribution in [3.63, 3.8) is 0 Å². The fourth-order valence-corrected chi connectivity index (χ4v) is 4.06. The molecule has 2 aliphatic rings. The lowest BCUT2D eigenvalue weighted by atomic mass is 10.1. The quantitative estimate of drug-likeness (QED) is 0.375. The standard InChI is InChI=1S/C20H26N4O9/c1-9-5-23(19(29)21-17(9)27)15-3-11(26)14(33-15)8-31-12-4-16(32-13(12)7-25)24-6-10(2)18(28)22-20(24)30/h5-6,11-16,25-26H,3-4,7-8H2,1-2H3,(H,21,27,29)(H,22,28,30)/t11-,12-,13-,14-,15-,16-/m1/s1. The number of hydrogen-bond donors (Lipinski definition) is 4. The zero-order valence-electron chi connectivity index (χ0n) is 18.1. The first-order valence-corrected chi connectivity index (χ1v) is 10.5. The van der Waals surface area contributed by atoms with Crippen molar-refractivity contribution in [3.8, 4) is 0 Å². The van der Waals surface area contributed by atoms with Crippen molar-refractivity contribution >= 4 is 0 Å². The van der Waals surface area contributed by atoms with Gasteiger partial charge >= 0.3 is 11.4 Å². The summed E-state index contributed by atoms with van der Waals surface area (Å²) >= 11 is 0. The summed E-state index contributed by atoms with van der Waals surface area (Å²) in [6.07, 6.45) is -1.43. The van der Waals surface area contributed by atoms with Gasteiger partial charge in [0.05, 0.1) is 25.4 Å². The molecule has 13 nitrogen and oxygen atoms in total. The summed E-state index contributed by atoms with van der Waals surface area (Å²) in [5, 5.41) is 20.1. The van der Waals surface area contributed by atoms with E-state index in [1.807, 2.05) is 0 Å². The molecule has 0 radical (unpaired) electrons. The van der Waals surface area contributed by atoms with Crippen LogP contribution in [0.1, 0.15) is 36.4 Å². The number of rotatable bonds is 6. The second-order valence-electron chi connectivity index (χ2n) is 8.31. The van der Waals surface area contributed by atoms with Crippen molar-refractivity contribution in [2.45, 2.75) is 63.6 Å². The van der Waals surface area contributed by atoms with Crippen molar-refractivity contribution in [2.24, 2.45) is 0 Å². The van der Waals surface area contributed by atoms with E-state index in [0.717, 1.165) is 0 Å². The molecule has 2 aromatic heterocycles. The lowest BCUT2D eigenvalue weighted by Crippen LogP contribution is -2.35. The van der Waals surface area contributed by atoms with Gasteiger partial charge in [0.2, 0.25) is 0 Å². The molecule has 33 heavy (non-hydrogen) atoms. The molecule has 2 aromatic rings.